The summed E-state index contributed by atoms with van der Waals surface area (Å²) in [5.41, 5.74) is 1.72. The molecular weight excluding hydrogens is 513 g/mol. The third-order valence-corrected chi connectivity index (χ3v) is 9.03. The number of thiazole rings is 1. The minimum atomic E-state index is -4.04. The first kappa shape index (κ1) is 25.1. The Hall–Kier alpha value is -2.00. The number of rotatable bonds is 7. The van der Waals surface area contributed by atoms with Gasteiger partial charge in [-0.3, -0.25) is 4.72 Å². The lowest BCUT2D eigenvalue weighted by Gasteiger charge is -2.15. The molecule has 0 radical (unpaired) electrons. The molecule has 0 atom stereocenters. The molecule has 1 fully saturated rings. The number of sulfonamides is 1. The Bertz CT molecular complexity index is 1250. The minimum Gasteiger partial charge on any atom is -0.495 e. The van der Waals surface area contributed by atoms with Crippen molar-refractivity contribution < 1.29 is 13.2 Å². The second-order valence-corrected chi connectivity index (χ2v) is 11.8. The first-order valence-electron chi connectivity index (χ1n) is 11.2. The largest absolute Gasteiger partial charge is 0.495 e. The van der Waals surface area contributed by atoms with E-state index in [4.69, 9.17) is 32.9 Å². The first-order chi connectivity index (χ1) is 16.3. The Labute approximate surface area is 214 Å². The Balaban J connectivity index is 1.66. The van der Waals surface area contributed by atoms with Crippen molar-refractivity contribution in [3.05, 3.63) is 52.1 Å². The van der Waals surface area contributed by atoms with Crippen molar-refractivity contribution in [3.8, 4) is 16.2 Å². The van der Waals surface area contributed by atoms with E-state index >= 15 is 0 Å². The molecule has 2 N–H and O–H groups in total. The highest BCUT2D eigenvalue weighted by Crippen LogP contribution is 2.39. The van der Waals surface area contributed by atoms with Crippen LogP contribution in [0.2, 0.25) is 10.0 Å². The number of aromatic nitrogens is 1. The quantitative estimate of drug-likeness (QED) is 0.306. The number of hydrogen-bond donors (Lipinski definition) is 2. The van der Waals surface area contributed by atoms with Gasteiger partial charge in [0.2, 0.25) is 0 Å². The number of hydrogen-bond acceptors (Lipinski definition) is 6. The third-order valence-electron chi connectivity index (χ3n) is 5.89. The van der Waals surface area contributed by atoms with Crippen LogP contribution in [0.1, 0.15) is 44.2 Å². The van der Waals surface area contributed by atoms with Crippen LogP contribution >= 0.6 is 34.5 Å². The predicted molar refractivity (Wildman–Crippen MR) is 141 cm³/mol. The summed E-state index contributed by atoms with van der Waals surface area (Å²) in [7, 11) is -2.61. The van der Waals surface area contributed by atoms with Gasteiger partial charge in [-0.15, -0.1) is 0 Å². The maximum atomic E-state index is 13.3. The van der Waals surface area contributed by atoms with Gasteiger partial charge in [0.15, 0.2) is 5.13 Å². The van der Waals surface area contributed by atoms with Gasteiger partial charge in [-0.1, -0.05) is 66.3 Å². The monoisotopic (exact) mass is 539 g/mol. The Morgan fingerprint density at radius 3 is 2.38 bits per heavy atom. The van der Waals surface area contributed by atoms with Crippen molar-refractivity contribution in [3.63, 3.8) is 0 Å². The van der Waals surface area contributed by atoms with Crippen molar-refractivity contribution in [1.29, 1.82) is 0 Å². The van der Waals surface area contributed by atoms with Crippen molar-refractivity contribution in [2.45, 2.75) is 56.4 Å². The van der Waals surface area contributed by atoms with Crippen LogP contribution in [0.25, 0.3) is 10.4 Å². The number of aryl methyl sites for hydroxylation is 1. The number of methoxy groups -OCH3 is 1. The van der Waals surface area contributed by atoms with Crippen LogP contribution in [0.3, 0.4) is 0 Å². The van der Waals surface area contributed by atoms with Gasteiger partial charge in [-0.2, -0.15) is 0 Å². The molecule has 1 aliphatic rings. The van der Waals surface area contributed by atoms with E-state index in [9.17, 15) is 8.42 Å². The van der Waals surface area contributed by atoms with Gasteiger partial charge < -0.3 is 10.1 Å². The van der Waals surface area contributed by atoms with Crippen LogP contribution in [0.15, 0.2) is 41.3 Å². The lowest BCUT2D eigenvalue weighted by Crippen LogP contribution is -2.17. The molecule has 0 bridgehead atoms. The fraction of sp³-hybridized carbons (Fsp3) is 0.375. The van der Waals surface area contributed by atoms with Gasteiger partial charge in [-0.05, 0) is 55.7 Å². The molecule has 0 aliphatic heterocycles. The van der Waals surface area contributed by atoms with Crippen LogP contribution < -0.4 is 14.8 Å². The molecule has 1 heterocycles. The molecule has 0 amide bonds. The summed E-state index contributed by atoms with van der Waals surface area (Å²) in [5, 5.41) is 4.86. The molecule has 34 heavy (non-hydrogen) atoms. The molecule has 6 nitrogen and oxygen atoms in total. The van der Waals surface area contributed by atoms with E-state index in [1.807, 2.05) is 13.0 Å². The standard InChI is InChI=1S/C24H27Cl2N3O3S2/c1-15-23(33-24(27-15)28-17-8-5-3-4-6-9-17)16-12-13-20(32-2)21(14-16)34(30,31)29-22-18(25)10-7-11-19(22)26/h7,10-14,17,29H,3-6,8-9H2,1-2H3,(H,27,28). The van der Waals surface area contributed by atoms with Gasteiger partial charge in [0.25, 0.3) is 10.0 Å². The zero-order valence-electron chi connectivity index (χ0n) is 19.0. The topological polar surface area (TPSA) is 80.3 Å². The first-order valence-corrected chi connectivity index (χ1v) is 14.2. The second-order valence-electron chi connectivity index (χ2n) is 8.33. The van der Waals surface area contributed by atoms with Crippen molar-refractivity contribution in [2.75, 3.05) is 17.1 Å². The summed E-state index contributed by atoms with van der Waals surface area (Å²) in [5.74, 6) is 0.221. The lowest BCUT2D eigenvalue weighted by molar-refractivity contribution is 0.403. The molecule has 182 valence electrons. The fourth-order valence-corrected chi connectivity index (χ4v) is 7.08. The Kier molecular flexibility index (Phi) is 7.92. The number of halogens is 2. The number of ether oxygens (including phenoxy) is 1. The summed E-state index contributed by atoms with van der Waals surface area (Å²) in [6.07, 6.45) is 7.34. The molecule has 3 aromatic rings. The molecule has 10 heteroatoms. The number of para-hydroxylation sites is 1. The molecule has 0 saturated heterocycles. The lowest BCUT2D eigenvalue weighted by atomic mass is 10.1. The highest BCUT2D eigenvalue weighted by Gasteiger charge is 2.24. The van der Waals surface area contributed by atoms with E-state index in [1.54, 1.807) is 30.3 Å². The SMILES string of the molecule is COc1ccc(-c2sc(NC3CCCCCC3)nc2C)cc1S(=O)(=O)Nc1c(Cl)cccc1Cl. The molecule has 0 unspecified atom stereocenters. The van der Waals surface area contributed by atoms with Crippen LogP contribution in [0.5, 0.6) is 5.75 Å². The summed E-state index contributed by atoms with van der Waals surface area (Å²) >= 11 is 13.9. The number of nitrogens with zero attached hydrogens (tertiary/aromatic N) is 1. The van der Waals surface area contributed by atoms with E-state index in [1.165, 1.54) is 44.1 Å². The molecule has 2 aromatic carbocycles. The Morgan fingerprint density at radius 1 is 1.06 bits per heavy atom. The van der Waals surface area contributed by atoms with Gasteiger partial charge in [-0.25, -0.2) is 13.4 Å². The predicted octanol–water partition coefficient (Wildman–Crippen LogP) is 7.37. The fourth-order valence-electron chi connectivity index (χ4n) is 4.14. The molecule has 1 aromatic heterocycles. The van der Waals surface area contributed by atoms with Crippen LogP contribution in [-0.4, -0.2) is 26.6 Å². The van der Waals surface area contributed by atoms with Gasteiger partial charge in [0, 0.05) is 6.04 Å². The van der Waals surface area contributed by atoms with E-state index in [0.717, 1.165) is 34.1 Å². The van der Waals surface area contributed by atoms with Crippen molar-refractivity contribution >= 4 is 55.4 Å². The molecule has 4 rings (SSSR count). The number of benzene rings is 2. The summed E-state index contributed by atoms with van der Waals surface area (Å²) < 4.78 is 34.5. The van der Waals surface area contributed by atoms with Crippen molar-refractivity contribution in [2.24, 2.45) is 0 Å². The number of nitrogens with one attached hydrogen (secondary N) is 2. The summed E-state index contributed by atoms with van der Waals surface area (Å²) in [4.78, 5) is 5.62. The molecule has 1 saturated carbocycles. The molecular formula is C24H27Cl2N3O3S2. The smallest absolute Gasteiger partial charge is 0.265 e. The number of anilines is 2. The zero-order chi connectivity index (χ0) is 24.3. The van der Waals surface area contributed by atoms with Gasteiger partial charge in [0.1, 0.15) is 10.6 Å². The van der Waals surface area contributed by atoms with Crippen LogP contribution in [0.4, 0.5) is 10.8 Å². The Morgan fingerprint density at radius 2 is 1.74 bits per heavy atom. The van der Waals surface area contributed by atoms with Crippen molar-refractivity contribution in [1.82, 2.24) is 4.98 Å². The van der Waals surface area contributed by atoms with E-state index < -0.39 is 10.0 Å². The molecule has 0 spiro atoms. The summed E-state index contributed by atoms with van der Waals surface area (Å²) in [6.45, 7) is 1.93. The van der Waals surface area contributed by atoms with E-state index in [2.05, 4.69) is 10.0 Å². The van der Waals surface area contributed by atoms with Crippen LogP contribution in [-0.2, 0) is 10.0 Å². The van der Waals surface area contributed by atoms with E-state index in [-0.39, 0.29) is 26.4 Å². The maximum absolute atomic E-state index is 13.3. The molecule has 1 aliphatic carbocycles. The average Bonchev–Trinajstić information content (AvgIpc) is 2.99. The summed E-state index contributed by atoms with van der Waals surface area (Å²) in [6, 6.07) is 10.3. The van der Waals surface area contributed by atoms with E-state index in [0.29, 0.717) is 6.04 Å². The third kappa shape index (κ3) is 5.62. The highest BCUT2D eigenvalue weighted by atomic mass is 35.5. The maximum Gasteiger partial charge on any atom is 0.265 e. The normalized spacial score (nSPS) is 15.1. The van der Waals surface area contributed by atoms with Crippen LogP contribution in [0, 0.1) is 6.92 Å². The average molecular weight is 541 g/mol. The second kappa shape index (κ2) is 10.7. The minimum absolute atomic E-state index is 0.00503. The van der Waals surface area contributed by atoms with Gasteiger partial charge in [0.05, 0.1) is 33.4 Å². The zero-order valence-corrected chi connectivity index (χ0v) is 22.2. The van der Waals surface area contributed by atoms with Gasteiger partial charge >= 0.3 is 0 Å². The highest BCUT2D eigenvalue weighted by molar-refractivity contribution is 7.92.